The standard InChI is InChI=1S/C13H14N4O/c1-13(2)5-10-9(11(18)6-13)7-16-17(10)12-8-14-3-4-15-12/h3-4,7-8H,5-6H2,1-2H3. The van der Waals surface area contributed by atoms with E-state index in [4.69, 9.17) is 0 Å². The number of ketones is 1. The minimum Gasteiger partial charge on any atom is -0.294 e. The van der Waals surface area contributed by atoms with Crippen LogP contribution < -0.4 is 0 Å². The van der Waals surface area contributed by atoms with E-state index in [1.54, 1.807) is 29.5 Å². The smallest absolute Gasteiger partial charge is 0.172 e. The number of Topliss-reactive ketones (excluding diaryl/α,β-unsaturated/α-hetero) is 1. The van der Waals surface area contributed by atoms with E-state index in [1.807, 2.05) is 0 Å². The fourth-order valence-corrected chi connectivity index (χ4v) is 2.42. The summed E-state index contributed by atoms with van der Waals surface area (Å²) >= 11 is 0. The van der Waals surface area contributed by atoms with Crippen LogP contribution in [-0.2, 0) is 6.42 Å². The van der Waals surface area contributed by atoms with E-state index in [0.717, 1.165) is 17.7 Å². The Morgan fingerprint density at radius 2 is 2.06 bits per heavy atom. The lowest BCUT2D eigenvalue weighted by Crippen LogP contribution is -2.28. The van der Waals surface area contributed by atoms with Crippen molar-refractivity contribution in [3.63, 3.8) is 0 Å². The second-order valence-electron chi connectivity index (χ2n) is 5.42. The van der Waals surface area contributed by atoms with Crippen LogP contribution in [0.4, 0.5) is 0 Å². The zero-order valence-electron chi connectivity index (χ0n) is 10.4. The van der Waals surface area contributed by atoms with Crippen LogP contribution in [0.5, 0.6) is 0 Å². The van der Waals surface area contributed by atoms with Gasteiger partial charge >= 0.3 is 0 Å². The minimum atomic E-state index is -0.0237. The van der Waals surface area contributed by atoms with Gasteiger partial charge in [-0.15, -0.1) is 0 Å². The molecule has 2 aromatic rings. The SMILES string of the molecule is CC1(C)CC(=O)c2cnn(-c3cnccn3)c2C1. The number of rotatable bonds is 1. The molecule has 3 rings (SSSR count). The number of hydrogen-bond acceptors (Lipinski definition) is 4. The van der Waals surface area contributed by atoms with Crippen LogP contribution in [0, 0.1) is 5.41 Å². The molecular weight excluding hydrogens is 228 g/mol. The molecule has 0 unspecified atom stereocenters. The van der Waals surface area contributed by atoms with Crippen LogP contribution in [0.15, 0.2) is 24.8 Å². The van der Waals surface area contributed by atoms with E-state index in [1.165, 1.54) is 0 Å². The maximum absolute atomic E-state index is 12.1. The molecule has 0 fully saturated rings. The average Bonchev–Trinajstić information content (AvgIpc) is 2.72. The summed E-state index contributed by atoms with van der Waals surface area (Å²) in [6.45, 7) is 4.20. The third-order valence-electron chi connectivity index (χ3n) is 3.22. The number of nitrogens with zero attached hydrogens (tertiary/aromatic N) is 4. The van der Waals surface area contributed by atoms with E-state index < -0.39 is 0 Å². The molecule has 0 aromatic carbocycles. The van der Waals surface area contributed by atoms with E-state index in [-0.39, 0.29) is 11.2 Å². The van der Waals surface area contributed by atoms with Crippen LogP contribution in [-0.4, -0.2) is 25.5 Å². The summed E-state index contributed by atoms with van der Waals surface area (Å²) in [7, 11) is 0. The first-order valence-electron chi connectivity index (χ1n) is 5.93. The van der Waals surface area contributed by atoms with E-state index in [0.29, 0.717) is 12.2 Å². The maximum Gasteiger partial charge on any atom is 0.172 e. The molecular formula is C13H14N4O. The Hall–Kier alpha value is -2.04. The molecule has 2 aromatic heterocycles. The Bertz CT molecular complexity index is 601. The molecule has 0 bridgehead atoms. The summed E-state index contributed by atoms with van der Waals surface area (Å²) in [5.41, 5.74) is 1.64. The van der Waals surface area contributed by atoms with Gasteiger partial charge in [0.1, 0.15) is 0 Å². The van der Waals surface area contributed by atoms with Crippen molar-refractivity contribution in [3.05, 3.63) is 36.0 Å². The highest BCUT2D eigenvalue weighted by molar-refractivity contribution is 5.98. The van der Waals surface area contributed by atoms with Crippen molar-refractivity contribution in [3.8, 4) is 5.82 Å². The van der Waals surface area contributed by atoms with E-state index in [9.17, 15) is 4.79 Å². The van der Waals surface area contributed by atoms with Gasteiger partial charge in [-0.1, -0.05) is 13.8 Å². The predicted octanol–water partition coefficient (Wildman–Crippen LogP) is 1.82. The first kappa shape index (κ1) is 11.1. The van der Waals surface area contributed by atoms with Crippen molar-refractivity contribution < 1.29 is 4.79 Å². The molecule has 0 saturated heterocycles. The Kier molecular flexibility index (Phi) is 2.29. The van der Waals surface area contributed by atoms with E-state index >= 15 is 0 Å². The Morgan fingerprint density at radius 1 is 1.22 bits per heavy atom. The maximum atomic E-state index is 12.1. The second-order valence-corrected chi connectivity index (χ2v) is 5.42. The first-order chi connectivity index (χ1) is 8.57. The lowest BCUT2D eigenvalue weighted by molar-refractivity contribution is 0.0911. The highest BCUT2D eigenvalue weighted by Gasteiger charge is 2.34. The Labute approximate surface area is 105 Å². The quantitative estimate of drug-likeness (QED) is 0.765. The summed E-state index contributed by atoms with van der Waals surface area (Å²) in [4.78, 5) is 20.3. The third-order valence-corrected chi connectivity index (χ3v) is 3.22. The van der Waals surface area contributed by atoms with Crippen molar-refractivity contribution in [2.24, 2.45) is 5.41 Å². The number of carbonyl (C=O) groups excluding carboxylic acids is 1. The van der Waals surface area contributed by atoms with Gasteiger partial charge in [0.2, 0.25) is 0 Å². The van der Waals surface area contributed by atoms with Gasteiger partial charge in [-0.3, -0.25) is 9.78 Å². The molecule has 5 heteroatoms. The molecule has 5 nitrogen and oxygen atoms in total. The number of aromatic nitrogens is 4. The van der Waals surface area contributed by atoms with Crippen LogP contribution in [0.2, 0.25) is 0 Å². The lowest BCUT2D eigenvalue weighted by Gasteiger charge is -2.28. The highest BCUT2D eigenvalue weighted by atomic mass is 16.1. The topological polar surface area (TPSA) is 60.7 Å². The Morgan fingerprint density at radius 3 is 2.78 bits per heavy atom. The minimum absolute atomic E-state index is 0.0237. The van der Waals surface area contributed by atoms with Gasteiger partial charge < -0.3 is 0 Å². The molecule has 0 N–H and O–H groups in total. The molecule has 1 aliphatic rings. The molecule has 18 heavy (non-hydrogen) atoms. The van der Waals surface area contributed by atoms with Crippen LogP contribution in [0.25, 0.3) is 5.82 Å². The normalized spacial score (nSPS) is 17.6. The molecule has 1 aliphatic carbocycles. The van der Waals surface area contributed by atoms with Crippen molar-refractivity contribution >= 4 is 5.78 Å². The van der Waals surface area contributed by atoms with Gasteiger partial charge in [0.15, 0.2) is 11.6 Å². The summed E-state index contributed by atoms with van der Waals surface area (Å²) < 4.78 is 1.72. The lowest BCUT2D eigenvalue weighted by atomic mass is 9.76. The molecule has 0 aliphatic heterocycles. The molecule has 0 atom stereocenters. The van der Waals surface area contributed by atoms with Crippen LogP contribution in [0.3, 0.4) is 0 Å². The number of fused-ring (bicyclic) bond motifs is 1. The van der Waals surface area contributed by atoms with Crippen LogP contribution in [0.1, 0.15) is 36.3 Å². The van der Waals surface area contributed by atoms with Crippen molar-refractivity contribution in [1.82, 2.24) is 19.7 Å². The first-order valence-corrected chi connectivity index (χ1v) is 5.93. The summed E-state index contributed by atoms with van der Waals surface area (Å²) in [5.74, 6) is 0.820. The molecule has 0 spiro atoms. The fourth-order valence-electron chi connectivity index (χ4n) is 2.42. The molecule has 0 amide bonds. The van der Waals surface area contributed by atoms with Crippen molar-refractivity contribution in [1.29, 1.82) is 0 Å². The highest BCUT2D eigenvalue weighted by Crippen LogP contribution is 2.35. The monoisotopic (exact) mass is 242 g/mol. The zero-order valence-corrected chi connectivity index (χ0v) is 10.4. The summed E-state index contributed by atoms with van der Waals surface area (Å²) in [6, 6.07) is 0. The van der Waals surface area contributed by atoms with Crippen molar-refractivity contribution in [2.75, 3.05) is 0 Å². The predicted molar refractivity (Wildman–Crippen MR) is 65.6 cm³/mol. The molecule has 92 valence electrons. The summed E-state index contributed by atoms with van der Waals surface area (Å²) in [5, 5.41) is 4.28. The van der Waals surface area contributed by atoms with Gasteiger partial charge in [0.05, 0.1) is 23.7 Å². The number of hydrogen-bond donors (Lipinski definition) is 0. The molecule has 0 radical (unpaired) electrons. The second kappa shape index (κ2) is 3.73. The van der Waals surface area contributed by atoms with E-state index in [2.05, 4.69) is 28.9 Å². The van der Waals surface area contributed by atoms with Gasteiger partial charge in [-0.25, -0.2) is 9.67 Å². The van der Waals surface area contributed by atoms with Crippen molar-refractivity contribution in [2.45, 2.75) is 26.7 Å². The van der Waals surface area contributed by atoms with Gasteiger partial charge in [0.25, 0.3) is 0 Å². The fraction of sp³-hybridized carbons (Fsp3) is 0.385. The van der Waals surface area contributed by atoms with Gasteiger partial charge in [0, 0.05) is 18.8 Å². The third kappa shape index (κ3) is 1.72. The van der Waals surface area contributed by atoms with Crippen LogP contribution >= 0.6 is 0 Å². The Balaban J connectivity index is 2.13. The van der Waals surface area contributed by atoms with Gasteiger partial charge in [-0.05, 0) is 11.8 Å². The van der Waals surface area contributed by atoms with Gasteiger partial charge in [-0.2, -0.15) is 5.10 Å². The molecule has 0 saturated carbocycles. The average molecular weight is 242 g/mol. The number of carbonyl (C=O) groups is 1. The largest absolute Gasteiger partial charge is 0.294 e. The summed E-state index contributed by atoms with van der Waals surface area (Å²) in [6.07, 6.45) is 7.94. The zero-order chi connectivity index (χ0) is 12.8. The molecule has 2 heterocycles.